The van der Waals surface area contributed by atoms with Crippen LogP contribution in [0.3, 0.4) is 0 Å². The number of nitrogens with zero attached hydrogens (tertiary/aromatic N) is 1. The molecule has 2 rings (SSSR count). The summed E-state index contributed by atoms with van der Waals surface area (Å²) >= 11 is 1.71. The van der Waals surface area contributed by atoms with Crippen LogP contribution in [-0.4, -0.2) is 4.98 Å². The molecular weight excluding hydrogens is 264 g/mol. The number of aryl methyl sites for hydroxylation is 2. The highest BCUT2D eigenvalue weighted by Crippen LogP contribution is 2.21. The van der Waals surface area contributed by atoms with Gasteiger partial charge in [-0.15, -0.1) is 11.3 Å². The molecule has 0 spiro atoms. The van der Waals surface area contributed by atoms with Crippen molar-refractivity contribution in [1.82, 2.24) is 4.98 Å². The van der Waals surface area contributed by atoms with Gasteiger partial charge in [0.25, 0.3) is 0 Å². The summed E-state index contributed by atoms with van der Waals surface area (Å²) in [4.78, 5) is 4.53. The Balaban J connectivity index is 1.90. The highest BCUT2D eigenvalue weighted by atomic mass is 32.1. The van der Waals surface area contributed by atoms with Crippen LogP contribution in [0, 0.1) is 6.92 Å². The van der Waals surface area contributed by atoms with E-state index < -0.39 is 0 Å². The first-order valence-corrected chi connectivity index (χ1v) is 8.34. The lowest BCUT2D eigenvalue weighted by molar-refractivity contribution is 0.717. The summed E-state index contributed by atoms with van der Waals surface area (Å²) in [6.07, 6.45) is 5.08. The molecule has 0 bridgehead atoms. The third-order valence-electron chi connectivity index (χ3n) is 3.49. The predicted molar refractivity (Wildman–Crippen MR) is 88.6 cm³/mol. The number of unbranched alkanes of at least 4 members (excludes halogenated alkanes) is 2. The number of nitrogens with one attached hydrogen (secondary N) is 1. The number of thiazole rings is 1. The lowest BCUT2D eigenvalue weighted by Gasteiger charge is -2.13. The second kappa shape index (κ2) is 7.44. The van der Waals surface area contributed by atoms with E-state index in [2.05, 4.69) is 53.8 Å². The van der Waals surface area contributed by atoms with Gasteiger partial charge >= 0.3 is 0 Å². The Labute approximate surface area is 126 Å². The third kappa shape index (κ3) is 4.34. The van der Waals surface area contributed by atoms with Crippen LogP contribution in [0.15, 0.2) is 29.6 Å². The summed E-state index contributed by atoms with van der Waals surface area (Å²) in [6, 6.07) is 9.08. The van der Waals surface area contributed by atoms with Crippen molar-refractivity contribution < 1.29 is 0 Å². The Morgan fingerprint density at radius 3 is 2.55 bits per heavy atom. The van der Waals surface area contributed by atoms with Crippen molar-refractivity contribution in [1.29, 1.82) is 0 Å². The third-order valence-corrected chi connectivity index (χ3v) is 4.28. The van der Waals surface area contributed by atoms with Crippen molar-refractivity contribution in [2.24, 2.45) is 0 Å². The molecule has 108 valence electrons. The smallest absolute Gasteiger partial charge is 0.0898 e. The van der Waals surface area contributed by atoms with Crippen LogP contribution in [-0.2, 0) is 6.42 Å². The lowest BCUT2D eigenvalue weighted by atomic mass is 10.1. The molecule has 2 aromatic rings. The maximum absolute atomic E-state index is 4.53. The number of hydrogen-bond acceptors (Lipinski definition) is 3. The molecule has 1 unspecified atom stereocenters. The molecule has 2 nitrogen and oxygen atoms in total. The Kier molecular flexibility index (Phi) is 5.60. The summed E-state index contributed by atoms with van der Waals surface area (Å²) < 4.78 is 0. The van der Waals surface area contributed by atoms with Crippen LogP contribution in [0.25, 0.3) is 0 Å². The average molecular weight is 288 g/mol. The molecule has 0 saturated carbocycles. The largest absolute Gasteiger partial charge is 0.377 e. The number of anilines is 1. The monoisotopic (exact) mass is 288 g/mol. The fourth-order valence-electron chi connectivity index (χ4n) is 2.25. The summed E-state index contributed by atoms with van der Waals surface area (Å²) in [5.74, 6) is 0. The van der Waals surface area contributed by atoms with E-state index in [4.69, 9.17) is 0 Å². The van der Waals surface area contributed by atoms with E-state index in [1.54, 1.807) is 11.3 Å². The van der Waals surface area contributed by atoms with Gasteiger partial charge in [-0.1, -0.05) is 31.9 Å². The van der Waals surface area contributed by atoms with Crippen LogP contribution >= 0.6 is 11.3 Å². The summed E-state index contributed by atoms with van der Waals surface area (Å²) in [5, 5.41) is 6.77. The Morgan fingerprint density at radius 2 is 1.95 bits per heavy atom. The van der Waals surface area contributed by atoms with Crippen molar-refractivity contribution in [2.45, 2.75) is 52.5 Å². The molecule has 0 aliphatic heterocycles. The van der Waals surface area contributed by atoms with Gasteiger partial charge in [-0.25, -0.2) is 4.98 Å². The number of rotatable bonds is 7. The molecule has 0 radical (unpaired) electrons. The first-order valence-electron chi connectivity index (χ1n) is 7.46. The predicted octanol–water partition coefficient (Wildman–Crippen LogP) is 5.36. The highest BCUT2D eigenvalue weighted by Gasteiger charge is 2.08. The SMILES string of the molecule is CCCCCc1ccc(NC(C)c2csc(C)n2)cc1. The first-order chi connectivity index (χ1) is 9.69. The van der Waals surface area contributed by atoms with Gasteiger partial charge in [0.05, 0.1) is 16.7 Å². The quantitative estimate of drug-likeness (QED) is 0.694. The second-order valence-corrected chi connectivity index (χ2v) is 6.37. The second-order valence-electron chi connectivity index (χ2n) is 5.31. The van der Waals surface area contributed by atoms with Gasteiger partial charge in [0.1, 0.15) is 0 Å². The standard InChI is InChI=1S/C17H24N2S/c1-4-5-6-7-15-8-10-16(11-9-15)18-13(2)17-12-20-14(3)19-17/h8-13,18H,4-7H2,1-3H3. The van der Waals surface area contributed by atoms with Crippen molar-refractivity contribution in [3.8, 4) is 0 Å². The van der Waals surface area contributed by atoms with Gasteiger partial charge in [-0.05, 0) is 44.4 Å². The van der Waals surface area contributed by atoms with Gasteiger partial charge in [-0.2, -0.15) is 0 Å². The number of hydrogen-bond donors (Lipinski definition) is 1. The van der Waals surface area contributed by atoms with Crippen molar-refractivity contribution >= 4 is 17.0 Å². The molecule has 0 amide bonds. The fraction of sp³-hybridized carbons (Fsp3) is 0.471. The summed E-state index contributed by atoms with van der Waals surface area (Å²) in [7, 11) is 0. The minimum Gasteiger partial charge on any atom is -0.377 e. The van der Waals surface area contributed by atoms with Gasteiger partial charge in [0.15, 0.2) is 0 Å². The molecule has 1 aromatic carbocycles. The van der Waals surface area contributed by atoms with Crippen LogP contribution in [0.2, 0.25) is 0 Å². The van der Waals surface area contributed by atoms with Crippen LogP contribution in [0.1, 0.15) is 55.4 Å². The van der Waals surface area contributed by atoms with Gasteiger partial charge in [-0.3, -0.25) is 0 Å². The Hall–Kier alpha value is -1.35. The first kappa shape index (κ1) is 15.0. The molecule has 1 aromatic heterocycles. The van der Waals surface area contributed by atoms with E-state index in [0.29, 0.717) is 0 Å². The van der Waals surface area contributed by atoms with Crippen molar-refractivity contribution in [2.75, 3.05) is 5.32 Å². The van der Waals surface area contributed by atoms with E-state index in [0.717, 1.165) is 10.7 Å². The zero-order chi connectivity index (χ0) is 14.4. The average Bonchev–Trinajstić information content (AvgIpc) is 2.88. The molecule has 0 fully saturated rings. The molecule has 1 heterocycles. The molecule has 20 heavy (non-hydrogen) atoms. The zero-order valence-electron chi connectivity index (χ0n) is 12.6. The highest BCUT2D eigenvalue weighted by molar-refractivity contribution is 7.09. The maximum Gasteiger partial charge on any atom is 0.0898 e. The van der Waals surface area contributed by atoms with Gasteiger partial charge < -0.3 is 5.32 Å². The molecule has 1 atom stereocenters. The normalized spacial score (nSPS) is 12.3. The fourth-order valence-corrected chi connectivity index (χ4v) is 2.96. The topological polar surface area (TPSA) is 24.9 Å². The zero-order valence-corrected chi connectivity index (χ0v) is 13.5. The van der Waals surface area contributed by atoms with Crippen molar-refractivity contribution in [3.05, 3.63) is 45.9 Å². The van der Waals surface area contributed by atoms with E-state index in [1.807, 2.05) is 6.92 Å². The van der Waals surface area contributed by atoms with Crippen molar-refractivity contribution in [3.63, 3.8) is 0 Å². The molecular formula is C17H24N2S. The number of benzene rings is 1. The lowest BCUT2D eigenvalue weighted by Crippen LogP contribution is -2.07. The minimum absolute atomic E-state index is 0.255. The Morgan fingerprint density at radius 1 is 1.20 bits per heavy atom. The van der Waals surface area contributed by atoms with Gasteiger partial charge in [0, 0.05) is 11.1 Å². The molecule has 3 heteroatoms. The minimum atomic E-state index is 0.255. The van der Waals surface area contributed by atoms with E-state index >= 15 is 0 Å². The molecule has 0 aliphatic rings. The van der Waals surface area contributed by atoms with Crippen LogP contribution in [0.5, 0.6) is 0 Å². The number of aromatic nitrogens is 1. The van der Waals surface area contributed by atoms with E-state index in [9.17, 15) is 0 Å². The maximum atomic E-state index is 4.53. The van der Waals surface area contributed by atoms with Gasteiger partial charge in [0.2, 0.25) is 0 Å². The van der Waals surface area contributed by atoms with Crippen LogP contribution < -0.4 is 5.32 Å². The summed E-state index contributed by atoms with van der Waals surface area (Å²) in [6.45, 7) is 6.45. The Bertz CT molecular complexity index is 516. The molecule has 0 aliphatic carbocycles. The van der Waals surface area contributed by atoms with E-state index in [1.165, 1.54) is 36.9 Å². The summed E-state index contributed by atoms with van der Waals surface area (Å²) in [5.41, 5.74) is 3.73. The molecule has 1 N–H and O–H groups in total. The molecule has 0 saturated heterocycles. The van der Waals surface area contributed by atoms with Crippen LogP contribution in [0.4, 0.5) is 5.69 Å². The van der Waals surface area contributed by atoms with E-state index in [-0.39, 0.29) is 6.04 Å².